The molecule has 0 saturated carbocycles. The van der Waals surface area contributed by atoms with Crippen LogP contribution in [-0.2, 0) is 9.53 Å². The first kappa shape index (κ1) is 13.8. The van der Waals surface area contributed by atoms with E-state index in [0.717, 1.165) is 38.7 Å². The van der Waals surface area contributed by atoms with Crippen molar-refractivity contribution in [2.45, 2.75) is 77.2 Å². The van der Waals surface area contributed by atoms with Gasteiger partial charge in [-0.1, -0.05) is 26.7 Å². The summed E-state index contributed by atoms with van der Waals surface area (Å²) in [6, 6.07) is 0.296. The highest BCUT2D eigenvalue weighted by Crippen LogP contribution is 2.27. The first-order chi connectivity index (χ1) is 8.69. The highest BCUT2D eigenvalue weighted by Gasteiger charge is 2.44. The summed E-state index contributed by atoms with van der Waals surface area (Å²) in [7, 11) is 0. The maximum Gasteiger partial charge on any atom is 0.241 e. The summed E-state index contributed by atoms with van der Waals surface area (Å²) < 4.78 is 5.61. The Morgan fingerprint density at radius 3 is 2.78 bits per heavy atom. The van der Waals surface area contributed by atoms with Crippen molar-refractivity contribution in [1.29, 1.82) is 0 Å². The van der Waals surface area contributed by atoms with Crippen LogP contribution in [-0.4, -0.2) is 41.8 Å². The summed E-state index contributed by atoms with van der Waals surface area (Å²) in [6.45, 7) is 7.17. The number of nitrogens with one attached hydrogen (secondary N) is 1. The Kier molecular flexibility index (Phi) is 4.62. The molecule has 4 nitrogen and oxygen atoms in total. The first-order valence-corrected chi connectivity index (χ1v) is 7.38. The van der Waals surface area contributed by atoms with Crippen LogP contribution in [0.2, 0.25) is 0 Å². The second kappa shape index (κ2) is 6.02. The zero-order valence-electron chi connectivity index (χ0n) is 11.8. The first-order valence-electron chi connectivity index (χ1n) is 7.38. The Morgan fingerprint density at radius 2 is 2.22 bits per heavy atom. The number of carbonyl (C=O) groups excluding carboxylic acids is 1. The van der Waals surface area contributed by atoms with Crippen LogP contribution in [0.15, 0.2) is 0 Å². The predicted molar refractivity (Wildman–Crippen MR) is 71.2 cm³/mol. The lowest BCUT2D eigenvalue weighted by Gasteiger charge is -2.31. The molecule has 4 atom stereocenters. The summed E-state index contributed by atoms with van der Waals surface area (Å²) in [5, 5.41) is 3.49. The van der Waals surface area contributed by atoms with E-state index in [1.54, 1.807) is 0 Å². The summed E-state index contributed by atoms with van der Waals surface area (Å²) in [5.74, 6) is 0.289. The number of ether oxygens (including phenoxy) is 1. The van der Waals surface area contributed by atoms with Crippen LogP contribution in [0.1, 0.15) is 52.9 Å². The van der Waals surface area contributed by atoms with Crippen LogP contribution in [0.25, 0.3) is 0 Å². The smallest absolute Gasteiger partial charge is 0.241 e. The topological polar surface area (TPSA) is 41.6 Å². The fourth-order valence-corrected chi connectivity index (χ4v) is 3.13. The van der Waals surface area contributed by atoms with E-state index in [9.17, 15) is 4.79 Å². The molecule has 0 aromatic heterocycles. The molecule has 104 valence electrons. The Morgan fingerprint density at radius 1 is 1.44 bits per heavy atom. The van der Waals surface area contributed by atoms with Gasteiger partial charge in [0.2, 0.25) is 5.91 Å². The van der Waals surface area contributed by atoms with Crippen molar-refractivity contribution in [3.05, 3.63) is 0 Å². The number of carbonyl (C=O) groups is 1. The van der Waals surface area contributed by atoms with Crippen LogP contribution in [0.3, 0.4) is 0 Å². The molecule has 1 amide bonds. The zero-order valence-corrected chi connectivity index (χ0v) is 11.8. The molecule has 0 radical (unpaired) electrons. The third-order valence-electron chi connectivity index (χ3n) is 4.21. The zero-order chi connectivity index (χ0) is 13.1. The molecule has 18 heavy (non-hydrogen) atoms. The van der Waals surface area contributed by atoms with Gasteiger partial charge in [0.15, 0.2) is 0 Å². The van der Waals surface area contributed by atoms with Crippen LogP contribution in [0, 0.1) is 0 Å². The van der Waals surface area contributed by atoms with E-state index in [0.29, 0.717) is 0 Å². The van der Waals surface area contributed by atoms with E-state index in [1.807, 2.05) is 0 Å². The number of rotatable bonds is 5. The van der Waals surface area contributed by atoms with E-state index in [1.165, 1.54) is 0 Å². The number of unbranched alkanes of at least 4 members (excludes halogenated alkanes) is 1. The van der Waals surface area contributed by atoms with Gasteiger partial charge in [-0.3, -0.25) is 10.1 Å². The van der Waals surface area contributed by atoms with Gasteiger partial charge in [-0.2, -0.15) is 0 Å². The second-order valence-corrected chi connectivity index (χ2v) is 5.46. The van der Waals surface area contributed by atoms with Crippen molar-refractivity contribution in [1.82, 2.24) is 10.2 Å². The lowest BCUT2D eigenvalue weighted by atomic mass is 10.1. The van der Waals surface area contributed by atoms with Crippen molar-refractivity contribution in [3.8, 4) is 0 Å². The van der Waals surface area contributed by atoms with Gasteiger partial charge in [0.25, 0.3) is 0 Å². The lowest BCUT2D eigenvalue weighted by molar-refractivity contribution is -0.133. The predicted octanol–water partition coefficient (Wildman–Crippen LogP) is 1.89. The number of nitrogens with zero attached hydrogens (tertiary/aromatic N) is 1. The quantitative estimate of drug-likeness (QED) is 0.814. The van der Waals surface area contributed by atoms with Crippen molar-refractivity contribution in [3.63, 3.8) is 0 Å². The number of hydrogen-bond acceptors (Lipinski definition) is 3. The van der Waals surface area contributed by atoms with Gasteiger partial charge in [0, 0.05) is 6.61 Å². The Bertz CT molecular complexity index is 296. The van der Waals surface area contributed by atoms with Gasteiger partial charge >= 0.3 is 0 Å². The fourth-order valence-electron chi connectivity index (χ4n) is 3.13. The molecule has 4 unspecified atom stereocenters. The molecule has 0 aromatic carbocycles. The van der Waals surface area contributed by atoms with Gasteiger partial charge < -0.3 is 9.64 Å². The van der Waals surface area contributed by atoms with E-state index in [2.05, 4.69) is 31.0 Å². The highest BCUT2D eigenvalue weighted by atomic mass is 16.5. The van der Waals surface area contributed by atoms with Crippen LogP contribution < -0.4 is 5.32 Å². The van der Waals surface area contributed by atoms with Crippen molar-refractivity contribution >= 4 is 5.91 Å². The van der Waals surface area contributed by atoms with Crippen LogP contribution in [0.4, 0.5) is 0 Å². The van der Waals surface area contributed by atoms with Crippen molar-refractivity contribution in [2.24, 2.45) is 0 Å². The molecule has 2 aliphatic rings. The largest absolute Gasteiger partial charge is 0.376 e. The molecule has 2 fully saturated rings. The van der Waals surface area contributed by atoms with Crippen molar-refractivity contribution in [2.75, 3.05) is 6.61 Å². The minimum atomic E-state index is 0.0303. The van der Waals surface area contributed by atoms with Gasteiger partial charge in [-0.05, 0) is 26.2 Å². The molecular weight excluding hydrogens is 228 g/mol. The van der Waals surface area contributed by atoms with Crippen molar-refractivity contribution < 1.29 is 9.53 Å². The molecule has 2 heterocycles. The van der Waals surface area contributed by atoms with E-state index in [4.69, 9.17) is 4.74 Å². The summed E-state index contributed by atoms with van der Waals surface area (Å²) in [5.41, 5.74) is 0. The third-order valence-corrected chi connectivity index (χ3v) is 4.21. The Labute approximate surface area is 110 Å². The second-order valence-electron chi connectivity index (χ2n) is 5.46. The molecular formula is C14H26N2O2. The monoisotopic (exact) mass is 254 g/mol. The molecule has 2 aliphatic heterocycles. The average molecular weight is 254 g/mol. The molecule has 1 N–H and O–H groups in total. The minimum absolute atomic E-state index is 0.0303. The van der Waals surface area contributed by atoms with Crippen LogP contribution in [0.5, 0.6) is 0 Å². The molecule has 4 heteroatoms. The summed E-state index contributed by atoms with van der Waals surface area (Å²) in [4.78, 5) is 14.6. The minimum Gasteiger partial charge on any atom is -0.376 e. The molecule has 0 aromatic rings. The third kappa shape index (κ3) is 2.54. The van der Waals surface area contributed by atoms with Gasteiger partial charge in [-0.15, -0.1) is 0 Å². The Balaban J connectivity index is 2.05. The summed E-state index contributed by atoms with van der Waals surface area (Å²) in [6.07, 6.45) is 5.55. The lowest BCUT2D eigenvalue weighted by Crippen LogP contribution is -2.47. The normalized spacial score (nSPS) is 36.6. The van der Waals surface area contributed by atoms with Crippen LogP contribution >= 0.6 is 0 Å². The number of amides is 1. The van der Waals surface area contributed by atoms with Gasteiger partial charge in [0.05, 0.1) is 24.4 Å². The molecule has 2 saturated heterocycles. The Hall–Kier alpha value is -0.610. The fraction of sp³-hybridized carbons (Fsp3) is 0.929. The molecule has 0 bridgehead atoms. The maximum absolute atomic E-state index is 12.5. The maximum atomic E-state index is 12.5. The molecule has 0 aliphatic carbocycles. The molecule has 2 rings (SSSR count). The van der Waals surface area contributed by atoms with Gasteiger partial charge in [0.1, 0.15) is 0 Å². The molecule has 0 spiro atoms. The standard InChI is InChI=1S/C14H26N2O2/c1-4-6-7-11-14(17)16(13(5-2)15-11)12-8-9-18-10(12)3/h10-13,15H,4-9H2,1-3H3. The summed E-state index contributed by atoms with van der Waals surface area (Å²) >= 11 is 0. The van der Waals surface area contributed by atoms with Gasteiger partial charge in [-0.25, -0.2) is 0 Å². The highest BCUT2D eigenvalue weighted by molar-refractivity contribution is 5.84. The number of hydrogen-bond donors (Lipinski definition) is 1. The average Bonchev–Trinajstić information content (AvgIpc) is 2.90. The SMILES string of the molecule is CCCCC1NC(CC)N(C2CCOC2C)C1=O. The van der Waals surface area contributed by atoms with E-state index in [-0.39, 0.29) is 30.3 Å². The van der Waals surface area contributed by atoms with E-state index < -0.39 is 0 Å². The van der Waals surface area contributed by atoms with E-state index >= 15 is 0 Å².